The average Bonchev–Trinajstić information content (AvgIpc) is 2.84. The van der Waals surface area contributed by atoms with Crippen LogP contribution in [-0.4, -0.2) is 22.6 Å². The van der Waals surface area contributed by atoms with Gasteiger partial charge in [-0.15, -0.1) is 0 Å². The molecule has 112 valence electrons. The number of nitrogens with zero attached hydrogens (tertiary/aromatic N) is 1. The average molecular weight is 297 g/mol. The molecular weight excluding hydrogens is 283 g/mol. The number of rotatable bonds is 3. The van der Waals surface area contributed by atoms with Gasteiger partial charge in [0.2, 0.25) is 0 Å². The van der Waals surface area contributed by atoms with Crippen molar-refractivity contribution >= 4 is 5.91 Å². The molecule has 4 nitrogen and oxygen atoms in total. The second-order valence-corrected chi connectivity index (χ2v) is 4.55. The van der Waals surface area contributed by atoms with Crippen LogP contribution in [0.5, 0.6) is 0 Å². The number of aryl methyl sites for hydroxylation is 1. The zero-order valence-corrected chi connectivity index (χ0v) is 11.5. The van der Waals surface area contributed by atoms with E-state index in [1.165, 1.54) is 0 Å². The van der Waals surface area contributed by atoms with Crippen LogP contribution in [0.15, 0.2) is 24.3 Å². The summed E-state index contributed by atoms with van der Waals surface area (Å²) >= 11 is 0. The minimum Gasteiger partial charge on any atom is -0.352 e. The van der Waals surface area contributed by atoms with Crippen LogP contribution in [0.25, 0.3) is 11.3 Å². The highest BCUT2D eigenvalue weighted by atomic mass is 19.4. The maximum atomic E-state index is 13.0. The number of amides is 1. The molecule has 2 rings (SSSR count). The number of hydrogen-bond donors (Lipinski definition) is 2. The Bertz CT molecular complexity index is 644. The number of alkyl halides is 3. The summed E-state index contributed by atoms with van der Waals surface area (Å²) in [6.07, 6.45) is -4.67. The Balaban J connectivity index is 2.58. The molecule has 0 aliphatic rings. The molecule has 1 aromatic heterocycles. The number of carbonyl (C=O) groups excluding carboxylic acids is 1. The molecule has 2 N–H and O–H groups in total. The van der Waals surface area contributed by atoms with Gasteiger partial charge in [0.1, 0.15) is 5.69 Å². The number of H-pyrrole nitrogens is 1. The molecule has 21 heavy (non-hydrogen) atoms. The summed E-state index contributed by atoms with van der Waals surface area (Å²) in [4.78, 5) is 12.0. The zero-order chi connectivity index (χ0) is 15.6. The van der Waals surface area contributed by atoms with E-state index >= 15 is 0 Å². The van der Waals surface area contributed by atoms with Crippen molar-refractivity contribution < 1.29 is 18.0 Å². The third-order valence-corrected chi connectivity index (χ3v) is 2.94. The van der Waals surface area contributed by atoms with Gasteiger partial charge in [-0.2, -0.15) is 18.3 Å². The SMILES string of the molecule is CCNC(=O)c1c(-c2ccc(C)cc2)n[nH]c1C(F)(F)F. The Hall–Kier alpha value is -2.31. The van der Waals surface area contributed by atoms with E-state index < -0.39 is 23.3 Å². The van der Waals surface area contributed by atoms with E-state index in [9.17, 15) is 18.0 Å². The van der Waals surface area contributed by atoms with Crippen LogP contribution in [-0.2, 0) is 6.18 Å². The number of carbonyl (C=O) groups is 1. The van der Waals surface area contributed by atoms with E-state index in [4.69, 9.17) is 0 Å². The smallest absolute Gasteiger partial charge is 0.352 e. The van der Waals surface area contributed by atoms with E-state index in [0.29, 0.717) is 5.56 Å². The quantitative estimate of drug-likeness (QED) is 0.914. The van der Waals surface area contributed by atoms with E-state index in [-0.39, 0.29) is 12.2 Å². The number of benzene rings is 1. The molecule has 1 heterocycles. The predicted octanol–water partition coefficient (Wildman–Crippen LogP) is 3.15. The highest BCUT2D eigenvalue weighted by Gasteiger charge is 2.39. The molecule has 0 saturated carbocycles. The third-order valence-electron chi connectivity index (χ3n) is 2.94. The minimum absolute atomic E-state index is 0.00623. The van der Waals surface area contributed by atoms with Crippen LogP contribution in [0.4, 0.5) is 13.2 Å². The van der Waals surface area contributed by atoms with Gasteiger partial charge in [0, 0.05) is 12.1 Å². The van der Waals surface area contributed by atoms with Crippen LogP contribution < -0.4 is 5.32 Å². The molecule has 0 saturated heterocycles. The van der Waals surface area contributed by atoms with Gasteiger partial charge in [0.15, 0.2) is 5.69 Å². The Morgan fingerprint density at radius 1 is 1.29 bits per heavy atom. The van der Waals surface area contributed by atoms with Gasteiger partial charge in [-0.05, 0) is 13.8 Å². The Morgan fingerprint density at radius 3 is 2.43 bits per heavy atom. The van der Waals surface area contributed by atoms with E-state index in [0.717, 1.165) is 5.56 Å². The highest BCUT2D eigenvalue weighted by molar-refractivity contribution is 6.01. The summed E-state index contributed by atoms with van der Waals surface area (Å²) in [5.74, 6) is -0.797. The standard InChI is InChI=1S/C14H14F3N3O/c1-3-18-13(21)10-11(9-6-4-8(2)5-7-9)19-20-12(10)14(15,16)17/h4-7H,3H2,1-2H3,(H,18,21)(H,19,20). The van der Waals surface area contributed by atoms with Crippen molar-refractivity contribution in [1.82, 2.24) is 15.5 Å². The maximum absolute atomic E-state index is 13.0. The van der Waals surface area contributed by atoms with Gasteiger partial charge < -0.3 is 5.32 Å². The molecule has 0 spiro atoms. The molecule has 2 aromatic rings. The summed E-state index contributed by atoms with van der Waals surface area (Å²) in [5, 5.41) is 7.99. The van der Waals surface area contributed by atoms with Gasteiger partial charge in [0.25, 0.3) is 5.91 Å². The summed E-state index contributed by atoms with van der Waals surface area (Å²) in [6, 6.07) is 6.76. The molecule has 1 aromatic carbocycles. The lowest BCUT2D eigenvalue weighted by atomic mass is 10.0. The van der Waals surface area contributed by atoms with Crippen LogP contribution in [0.2, 0.25) is 0 Å². The van der Waals surface area contributed by atoms with Crippen molar-refractivity contribution in [1.29, 1.82) is 0 Å². The third kappa shape index (κ3) is 3.07. The fourth-order valence-corrected chi connectivity index (χ4v) is 1.94. The first kappa shape index (κ1) is 15.1. The summed E-state index contributed by atoms with van der Waals surface area (Å²) in [6.45, 7) is 3.73. The van der Waals surface area contributed by atoms with Gasteiger partial charge in [-0.25, -0.2) is 0 Å². The molecule has 7 heteroatoms. The summed E-state index contributed by atoms with van der Waals surface area (Å²) in [5.41, 5.74) is -0.205. The first-order chi connectivity index (χ1) is 9.84. The molecule has 0 aliphatic carbocycles. The molecule has 0 fully saturated rings. The molecule has 1 amide bonds. The predicted molar refractivity (Wildman–Crippen MR) is 71.8 cm³/mol. The van der Waals surface area contributed by atoms with E-state index in [2.05, 4.69) is 10.4 Å². The number of aromatic nitrogens is 2. The zero-order valence-electron chi connectivity index (χ0n) is 11.5. The normalized spacial score (nSPS) is 11.5. The second-order valence-electron chi connectivity index (χ2n) is 4.55. The van der Waals surface area contributed by atoms with Gasteiger partial charge in [0.05, 0.1) is 5.56 Å². The molecular formula is C14H14F3N3O. The monoisotopic (exact) mass is 297 g/mol. The molecule has 0 atom stereocenters. The number of aromatic amines is 1. The Kier molecular flexibility index (Phi) is 4.02. The largest absolute Gasteiger partial charge is 0.433 e. The van der Waals surface area contributed by atoms with Crippen molar-refractivity contribution in [2.24, 2.45) is 0 Å². The fraction of sp³-hybridized carbons (Fsp3) is 0.286. The number of hydrogen-bond acceptors (Lipinski definition) is 2. The van der Waals surface area contributed by atoms with Crippen molar-refractivity contribution in [3.63, 3.8) is 0 Å². The van der Waals surface area contributed by atoms with Crippen molar-refractivity contribution in [2.45, 2.75) is 20.0 Å². The van der Waals surface area contributed by atoms with Crippen LogP contribution in [0.1, 0.15) is 28.5 Å². The molecule has 0 radical (unpaired) electrons. The minimum atomic E-state index is -4.67. The van der Waals surface area contributed by atoms with Crippen molar-refractivity contribution in [3.8, 4) is 11.3 Å². The van der Waals surface area contributed by atoms with Crippen molar-refractivity contribution in [2.75, 3.05) is 6.54 Å². The molecule has 0 aliphatic heterocycles. The van der Waals surface area contributed by atoms with Gasteiger partial charge in [-0.3, -0.25) is 9.89 Å². The Morgan fingerprint density at radius 2 is 1.90 bits per heavy atom. The topological polar surface area (TPSA) is 57.8 Å². The maximum Gasteiger partial charge on any atom is 0.433 e. The second kappa shape index (κ2) is 5.59. The highest BCUT2D eigenvalue weighted by Crippen LogP contribution is 2.34. The Labute approximate surface area is 119 Å². The van der Waals surface area contributed by atoms with Gasteiger partial charge >= 0.3 is 6.18 Å². The van der Waals surface area contributed by atoms with Gasteiger partial charge in [-0.1, -0.05) is 29.8 Å². The molecule has 0 unspecified atom stereocenters. The summed E-state index contributed by atoms with van der Waals surface area (Å²) < 4.78 is 39.0. The first-order valence-electron chi connectivity index (χ1n) is 6.35. The van der Waals surface area contributed by atoms with E-state index in [1.54, 1.807) is 31.2 Å². The van der Waals surface area contributed by atoms with Crippen LogP contribution >= 0.6 is 0 Å². The lowest BCUT2D eigenvalue weighted by Gasteiger charge is -2.08. The fourth-order valence-electron chi connectivity index (χ4n) is 1.94. The van der Waals surface area contributed by atoms with Crippen LogP contribution in [0.3, 0.4) is 0 Å². The molecule has 0 bridgehead atoms. The summed E-state index contributed by atoms with van der Waals surface area (Å²) in [7, 11) is 0. The number of halogens is 3. The lowest BCUT2D eigenvalue weighted by Crippen LogP contribution is -2.25. The van der Waals surface area contributed by atoms with Crippen molar-refractivity contribution in [3.05, 3.63) is 41.1 Å². The first-order valence-corrected chi connectivity index (χ1v) is 6.35. The van der Waals surface area contributed by atoms with E-state index in [1.807, 2.05) is 12.0 Å². The van der Waals surface area contributed by atoms with Crippen LogP contribution in [0, 0.1) is 6.92 Å². The number of nitrogens with one attached hydrogen (secondary N) is 2. The lowest BCUT2D eigenvalue weighted by molar-refractivity contribution is -0.141.